The Hall–Kier alpha value is -1.37. The molecule has 1 saturated heterocycles. The molecule has 1 amide bonds. The van der Waals surface area contributed by atoms with Crippen LogP contribution in [0.1, 0.15) is 35.8 Å². The van der Waals surface area contributed by atoms with Gasteiger partial charge in [0.15, 0.2) is 0 Å². The van der Waals surface area contributed by atoms with Crippen molar-refractivity contribution in [3.63, 3.8) is 0 Å². The maximum Gasteiger partial charge on any atom is 0.257 e. The number of carbonyl (C=O) groups is 1. The minimum atomic E-state index is 0. The maximum absolute atomic E-state index is 13.0. The second-order valence-electron chi connectivity index (χ2n) is 6.13. The maximum atomic E-state index is 13.0. The summed E-state index contributed by atoms with van der Waals surface area (Å²) < 4.78 is 2.90. The summed E-state index contributed by atoms with van der Waals surface area (Å²) in [5.74, 6) is 0.0927. The number of nitrogens with zero attached hydrogens (tertiary/aromatic N) is 3. The van der Waals surface area contributed by atoms with Crippen LogP contribution in [0.15, 0.2) is 34.9 Å². The molecular formula is C18H24BrClN4O. The summed E-state index contributed by atoms with van der Waals surface area (Å²) in [7, 11) is 1.96. The summed E-state index contributed by atoms with van der Waals surface area (Å²) in [4.78, 5) is 14.9. The molecule has 136 valence electrons. The lowest BCUT2D eigenvalue weighted by Crippen LogP contribution is -2.47. The molecule has 2 heterocycles. The molecule has 1 unspecified atom stereocenters. The highest BCUT2D eigenvalue weighted by Gasteiger charge is 2.26. The van der Waals surface area contributed by atoms with Crippen molar-refractivity contribution in [2.75, 3.05) is 20.1 Å². The number of halogens is 2. The van der Waals surface area contributed by atoms with Crippen molar-refractivity contribution in [3.8, 4) is 5.69 Å². The quantitative estimate of drug-likeness (QED) is 0.813. The molecule has 1 atom stereocenters. The lowest BCUT2D eigenvalue weighted by molar-refractivity contribution is 0.0697. The van der Waals surface area contributed by atoms with E-state index >= 15 is 0 Å². The van der Waals surface area contributed by atoms with E-state index in [2.05, 4.69) is 33.3 Å². The molecule has 0 bridgehead atoms. The van der Waals surface area contributed by atoms with Gasteiger partial charge in [-0.2, -0.15) is 5.10 Å². The zero-order valence-corrected chi connectivity index (χ0v) is 16.9. The number of likely N-dealkylation sites (tertiary alicyclic amines) is 1. The fraction of sp³-hybridized carbons (Fsp3) is 0.444. The first-order valence-corrected chi connectivity index (χ1v) is 9.22. The average molecular weight is 428 g/mol. The Kier molecular flexibility index (Phi) is 7.04. The van der Waals surface area contributed by atoms with Crippen molar-refractivity contribution in [1.82, 2.24) is 20.0 Å². The summed E-state index contributed by atoms with van der Waals surface area (Å²) in [6.07, 6.45) is 4.64. The van der Waals surface area contributed by atoms with E-state index in [1.807, 2.05) is 40.9 Å². The molecular weight excluding hydrogens is 404 g/mol. The molecule has 25 heavy (non-hydrogen) atoms. The van der Waals surface area contributed by atoms with E-state index in [4.69, 9.17) is 0 Å². The number of hydrogen-bond donors (Lipinski definition) is 1. The van der Waals surface area contributed by atoms with Crippen LogP contribution in [-0.4, -0.2) is 46.8 Å². The van der Waals surface area contributed by atoms with E-state index in [9.17, 15) is 4.79 Å². The number of benzene rings is 1. The van der Waals surface area contributed by atoms with E-state index < -0.39 is 0 Å². The fourth-order valence-electron chi connectivity index (χ4n) is 3.27. The third-order valence-electron chi connectivity index (χ3n) is 4.62. The molecule has 5 nitrogen and oxygen atoms in total. The number of amides is 1. The second-order valence-corrected chi connectivity index (χ2v) is 7.04. The average Bonchev–Trinajstić information content (AvgIpc) is 3.05. The number of aromatic nitrogens is 2. The smallest absolute Gasteiger partial charge is 0.257 e. The number of likely N-dealkylation sites (N-methyl/N-ethyl adjacent to an activating group) is 1. The van der Waals surface area contributed by atoms with E-state index in [0.29, 0.717) is 6.04 Å². The topological polar surface area (TPSA) is 50.2 Å². The monoisotopic (exact) mass is 426 g/mol. The Labute approximate surface area is 163 Å². The molecule has 1 N–H and O–H groups in total. The van der Waals surface area contributed by atoms with Crippen molar-refractivity contribution < 1.29 is 4.79 Å². The van der Waals surface area contributed by atoms with Gasteiger partial charge in [0.2, 0.25) is 0 Å². The third kappa shape index (κ3) is 4.25. The first-order valence-electron chi connectivity index (χ1n) is 8.43. The number of piperidine rings is 1. The zero-order valence-electron chi connectivity index (χ0n) is 14.5. The summed E-state index contributed by atoms with van der Waals surface area (Å²) in [5.41, 5.74) is 2.66. The summed E-state index contributed by atoms with van der Waals surface area (Å²) >= 11 is 3.45. The van der Waals surface area contributed by atoms with Crippen LogP contribution in [0.5, 0.6) is 0 Å². The molecule has 1 aromatic carbocycles. The van der Waals surface area contributed by atoms with Gasteiger partial charge in [0.05, 0.1) is 23.1 Å². The highest BCUT2D eigenvalue weighted by atomic mass is 79.9. The van der Waals surface area contributed by atoms with Crippen LogP contribution in [0.25, 0.3) is 5.69 Å². The van der Waals surface area contributed by atoms with Crippen molar-refractivity contribution in [3.05, 3.63) is 46.2 Å². The normalized spacial score (nSPS) is 17.2. The number of nitrogens with one attached hydrogen (secondary N) is 1. The second kappa shape index (κ2) is 8.83. The van der Waals surface area contributed by atoms with Crippen molar-refractivity contribution in [2.45, 2.75) is 32.2 Å². The van der Waals surface area contributed by atoms with Gasteiger partial charge in [0, 0.05) is 23.6 Å². The van der Waals surface area contributed by atoms with E-state index in [-0.39, 0.29) is 18.3 Å². The summed E-state index contributed by atoms with van der Waals surface area (Å²) in [6.45, 7) is 3.65. The summed E-state index contributed by atoms with van der Waals surface area (Å²) in [5, 5.41) is 7.77. The molecule has 1 fully saturated rings. The number of carbonyl (C=O) groups excluding carboxylic acids is 1. The molecule has 1 aliphatic heterocycles. The van der Waals surface area contributed by atoms with Gasteiger partial charge in [-0.3, -0.25) is 4.79 Å². The Morgan fingerprint density at radius 2 is 2.08 bits per heavy atom. The van der Waals surface area contributed by atoms with Crippen LogP contribution in [0.2, 0.25) is 0 Å². The van der Waals surface area contributed by atoms with E-state index in [0.717, 1.165) is 53.8 Å². The fourth-order valence-corrected chi connectivity index (χ4v) is 3.53. The van der Waals surface area contributed by atoms with Gasteiger partial charge in [-0.05, 0) is 50.6 Å². The lowest BCUT2D eigenvalue weighted by Gasteiger charge is -2.32. The van der Waals surface area contributed by atoms with Gasteiger partial charge in [0.1, 0.15) is 0 Å². The SMILES string of the molecule is CCc1c(C(=O)N2CCCC(NC)C2)cnn1-c1ccc(Br)cc1.Cl. The van der Waals surface area contributed by atoms with E-state index in [1.54, 1.807) is 6.20 Å². The van der Waals surface area contributed by atoms with Gasteiger partial charge in [0.25, 0.3) is 5.91 Å². The van der Waals surface area contributed by atoms with Gasteiger partial charge in [-0.25, -0.2) is 4.68 Å². The standard InChI is InChI=1S/C18H23BrN4O.ClH/c1-3-17-16(18(24)22-10-4-5-14(12-22)20-2)11-21-23(17)15-8-6-13(19)7-9-15;/h6-9,11,14,20H,3-5,10,12H2,1-2H3;1H. The molecule has 0 radical (unpaired) electrons. The molecule has 0 aliphatic carbocycles. The Morgan fingerprint density at radius 3 is 2.72 bits per heavy atom. The largest absolute Gasteiger partial charge is 0.337 e. The highest BCUT2D eigenvalue weighted by molar-refractivity contribution is 9.10. The molecule has 7 heteroatoms. The first kappa shape index (κ1) is 19.9. The van der Waals surface area contributed by atoms with E-state index in [1.165, 1.54) is 0 Å². The zero-order chi connectivity index (χ0) is 17.1. The number of hydrogen-bond acceptors (Lipinski definition) is 3. The Morgan fingerprint density at radius 1 is 1.36 bits per heavy atom. The number of rotatable bonds is 4. The molecule has 1 aromatic heterocycles. The minimum absolute atomic E-state index is 0. The van der Waals surface area contributed by atoms with Crippen LogP contribution in [-0.2, 0) is 6.42 Å². The van der Waals surface area contributed by atoms with Crippen LogP contribution >= 0.6 is 28.3 Å². The Balaban J connectivity index is 0.00000225. The van der Waals surface area contributed by atoms with Gasteiger partial charge < -0.3 is 10.2 Å². The van der Waals surface area contributed by atoms with Crippen molar-refractivity contribution >= 4 is 34.2 Å². The molecule has 0 saturated carbocycles. The predicted octanol–water partition coefficient (Wildman–Crippen LogP) is 3.44. The van der Waals surface area contributed by atoms with Crippen molar-refractivity contribution in [1.29, 1.82) is 0 Å². The Bertz CT molecular complexity index is 716. The highest BCUT2D eigenvalue weighted by Crippen LogP contribution is 2.21. The van der Waals surface area contributed by atoms with Crippen LogP contribution in [0.3, 0.4) is 0 Å². The van der Waals surface area contributed by atoms with Crippen molar-refractivity contribution in [2.24, 2.45) is 0 Å². The van der Waals surface area contributed by atoms with Gasteiger partial charge in [-0.1, -0.05) is 22.9 Å². The molecule has 1 aliphatic rings. The third-order valence-corrected chi connectivity index (χ3v) is 5.15. The molecule has 3 rings (SSSR count). The van der Waals surface area contributed by atoms with Crippen LogP contribution < -0.4 is 5.32 Å². The molecule has 2 aromatic rings. The minimum Gasteiger partial charge on any atom is -0.337 e. The van der Waals surface area contributed by atoms with Gasteiger partial charge >= 0.3 is 0 Å². The first-order chi connectivity index (χ1) is 11.6. The lowest BCUT2D eigenvalue weighted by atomic mass is 10.0. The van der Waals surface area contributed by atoms with Crippen LogP contribution in [0.4, 0.5) is 0 Å². The van der Waals surface area contributed by atoms with Crippen LogP contribution in [0, 0.1) is 0 Å². The summed E-state index contributed by atoms with van der Waals surface area (Å²) in [6, 6.07) is 8.36. The predicted molar refractivity (Wildman–Crippen MR) is 106 cm³/mol. The molecule has 0 spiro atoms. The van der Waals surface area contributed by atoms with Gasteiger partial charge in [-0.15, -0.1) is 12.4 Å².